The van der Waals surface area contributed by atoms with Crippen molar-refractivity contribution in [3.8, 4) is 0 Å². The van der Waals surface area contributed by atoms with Crippen LogP contribution in [0.1, 0.15) is 70.5 Å². The summed E-state index contributed by atoms with van der Waals surface area (Å²) in [7, 11) is -3.48. The van der Waals surface area contributed by atoms with Crippen LogP contribution in [0.5, 0.6) is 0 Å². The van der Waals surface area contributed by atoms with E-state index in [0.717, 1.165) is 56.4 Å². The Labute approximate surface area is 197 Å². The van der Waals surface area contributed by atoms with Crippen LogP contribution in [0.3, 0.4) is 0 Å². The molecule has 1 amide bonds. The molecule has 180 valence electrons. The third kappa shape index (κ3) is 5.66. The van der Waals surface area contributed by atoms with E-state index >= 15 is 0 Å². The molecule has 2 heterocycles. The number of sulfonamides is 1. The van der Waals surface area contributed by atoms with E-state index in [2.05, 4.69) is 22.9 Å². The smallest absolute Gasteiger partial charge is 0.243 e. The molecule has 0 spiro atoms. The molecule has 4 rings (SSSR count). The van der Waals surface area contributed by atoms with Gasteiger partial charge < -0.3 is 9.88 Å². The highest BCUT2D eigenvalue weighted by atomic mass is 32.2. The van der Waals surface area contributed by atoms with Crippen molar-refractivity contribution in [1.29, 1.82) is 0 Å². The number of amides is 1. The molecule has 0 bridgehead atoms. The molecule has 0 atom stereocenters. The van der Waals surface area contributed by atoms with Crippen molar-refractivity contribution < 1.29 is 13.2 Å². The molecule has 1 saturated heterocycles. The van der Waals surface area contributed by atoms with Gasteiger partial charge in [0, 0.05) is 39.0 Å². The SMILES string of the molecule is CCCn1c(CCC(=O)NCCC2=CCCCC2)nc2cc(S(=O)(=O)N3CCCC3)ccc21. The van der Waals surface area contributed by atoms with Crippen molar-refractivity contribution in [2.24, 2.45) is 0 Å². The van der Waals surface area contributed by atoms with Gasteiger partial charge in [0.15, 0.2) is 0 Å². The van der Waals surface area contributed by atoms with E-state index in [0.29, 0.717) is 42.9 Å². The minimum Gasteiger partial charge on any atom is -0.356 e. The van der Waals surface area contributed by atoms with Crippen LogP contribution in [0.2, 0.25) is 0 Å². The second-order valence-electron chi connectivity index (χ2n) is 9.15. The summed E-state index contributed by atoms with van der Waals surface area (Å²) < 4.78 is 29.6. The van der Waals surface area contributed by atoms with E-state index in [1.165, 1.54) is 18.4 Å². The standard InChI is InChI=1S/C25H36N4O3S/c1-2-16-29-23-11-10-21(33(31,32)28-17-6-7-18-28)19-22(23)27-24(29)12-13-25(30)26-15-14-20-8-4-3-5-9-20/h8,10-11,19H,2-7,9,12-18H2,1H3,(H,26,30). The van der Waals surface area contributed by atoms with E-state index in [1.54, 1.807) is 16.4 Å². The maximum atomic E-state index is 13.0. The number of imidazole rings is 1. The lowest BCUT2D eigenvalue weighted by Crippen LogP contribution is -2.27. The molecule has 1 aromatic carbocycles. The van der Waals surface area contributed by atoms with Crippen LogP contribution in [0.15, 0.2) is 34.7 Å². The Kier molecular flexibility index (Phi) is 7.86. The Balaban J connectivity index is 1.43. The van der Waals surface area contributed by atoms with E-state index < -0.39 is 10.0 Å². The highest BCUT2D eigenvalue weighted by molar-refractivity contribution is 7.89. The van der Waals surface area contributed by atoms with Crippen LogP contribution < -0.4 is 5.32 Å². The molecule has 1 aromatic heterocycles. The third-order valence-corrected chi connectivity index (χ3v) is 8.57. The summed E-state index contributed by atoms with van der Waals surface area (Å²) in [6.45, 7) is 4.76. The topological polar surface area (TPSA) is 84.3 Å². The van der Waals surface area contributed by atoms with Gasteiger partial charge in [0.2, 0.25) is 15.9 Å². The summed E-state index contributed by atoms with van der Waals surface area (Å²) in [6.07, 6.45) is 11.8. The van der Waals surface area contributed by atoms with Gasteiger partial charge in [-0.3, -0.25) is 4.79 Å². The van der Waals surface area contributed by atoms with Gasteiger partial charge >= 0.3 is 0 Å². The molecule has 0 radical (unpaired) electrons. The van der Waals surface area contributed by atoms with Gasteiger partial charge in [-0.05, 0) is 69.6 Å². The van der Waals surface area contributed by atoms with Crippen molar-refractivity contribution in [3.05, 3.63) is 35.7 Å². The number of aromatic nitrogens is 2. The van der Waals surface area contributed by atoms with Crippen molar-refractivity contribution in [2.45, 2.75) is 82.6 Å². The molecule has 1 N–H and O–H groups in total. The molecule has 1 fully saturated rings. The zero-order valence-corrected chi connectivity index (χ0v) is 20.5. The minimum atomic E-state index is -3.48. The molecular formula is C25H36N4O3S. The molecule has 2 aromatic rings. The van der Waals surface area contributed by atoms with Gasteiger partial charge in [0.1, 0.15) is 5.82 Å². The molecule has 7 nitrogen and oxygen atoms in total. The van der Waals surface area contributed by atoms with Crippen molar-refractivity contribution in [2.75, 3.05) is 19.6 Å². The van der Waals surface area contributed by atoms with Crippen LogP contribution in [0.25, 0.3) is 11.0 Å². The van der Waals surface area contributed by atoms with E-state index in [4.69, 9.17) is 4.98 Å². The van der Waals surface area contributed by atoms with E-state index in [-0.39, 0.29) is 5.91 Å². The molecule has 33 heavy (non-hydrogen) atoms. The number of fused-ring (bicyclic) bond motifs is 1. The Morgan fingerprint density at radius 1 is 1.12 bits per heavy atom. The molecular weight excluding hydrogens is 436 g/mol. The number of aryl methyl sites for hydroxylation is 2. The summed E-state index contributed by atoms with van der Waals surface area (Å²) in [5.41, 5.74) is 3.08. The Hall–Kier alpha value is -2.19. The molecule has 1 aliphatic heterocycles. The predicted octanol–water partition coefficient (Wildman–Crippen LogP) is 4.17. The highest BCUT2D eigenvalue weighted by Crippen LogP contribution is 2.26. The molecule has 1 aliphatic carbocycles. The number of nitrogens with zero attached hydrogens (tertiary/aromatic N) is 3. The van der Waals surface area contributed by atoms with Crippen LogP contribution in [-0.4, -0.2) is 47.8 Å². The summed E-state index contributed by atoms with van der Waals surface area (Å²) in [5, 5.41) is 3.04. The van der Waals surface area contributed by atoms with Gasteiger partial charge in [-0.2, -0.15) is 4.31 Å². The van der Waals surface area contributed by atoms with E-state index in [1.807, 2.05) is 6.07 Å². The van der Waals surface area contributed by atoms with Crippen LogP contribution in [-0.2, 0) is 27.8 Å². The number of nitrogens with one attached hydrogen (secondary N) is 1. The zero-order valence-electron chi connectivity index (χ0n) is 19.7. The summed E-state index contributed by atoms with van der Waals surface area (Å²) >= 11 is 0. The van der Waals surface area contributed by atoms with Crippen LogP contribution >= 0.6 is 0 Å². The average molecular weight is 473 g/mol. The zero-order chi connectivity index (χ0) is 23.3. The van der Waals surface area contributed by atoms with Crippen LogP contribution in [0.4, 0.5) is 0 Å². The van der Waals surface area contributed by atoms with Crippen LogP contribution in [0, 0.1) is 0 Å². The minimum absolute atomic E-state index is 0.0406. The first-order valence-corrected chi connectivity index (χ1v) is 13.9. The fourth-order valence-corrected chi connectivity index (χ4v) is 6.41. The first-order valence-electron chi connectivity index (χ1n) is 12.4. The maximum Gasteiger partial charge on any atom is 0.243 e. The first-order chi connectivity index (χ1) is 16.0. The Morgan fingerprint density at radius 3 is 2.67 bits per heavy atom. The third-order valence-electron chi connectivity index (χ3n) is 6.68. The fraction of sp³-hybridized carbons (Fsp3) is 0.600. The number of rotatable bonds is 10. The molecule has 2 aliphatic rings. The van der Waals surface area contributed by atoms with Gasteiger partial charge in [-0.1, -0.05) is 18.6 Å². The van der Waals surface area contributed by atoms with Crippen molar-refractivity contribution in [3.63, 3.8) is 0 Å². The average Bonchev–Trinajstić information content (AvgIpc) is 3.48. The lowest BCUT2D eigenvalue weighted by molar-refractivity contribution is -0.121. The predicted molar refractivity (Wildman–Crippen MR) is 131 cm³/mol. The van der Waals surface area contributed by atoms with Gasteiger partial charge in [0.05, 0.1) is 15.9 Å². The summed E-state index contributed by atoms with van der Waals surface area (Å²) in [4.78, 5) is 17.5. The molecule has 0 unspecified atom stereocenters. The monoisotopic (exact) mass is 472 g/mol. The number of benzene rings is 1. The number of carbonyl (C=O) groups excluding carboxylic acids is 1. The molecule has 8 heteroatoms. The number of carbonyl (C=O) groups is 1. The van der Waals surface area contributed by atoms with Gasteiger partial charge in [-0.25, -0.2) is 13.4 Å². The Bertz CT molecular complexity index is 1110. The Morgan fingerprint density at radius 2 is 1.94 bits per heavy atom. The summed E-state index contributed by atoms with van der Waals surface area (Å²) in [6, 6.07) is 5.25. The largest absolute Gasteiger partial charge is 0.356 e. The number of hydrogen-bond acceptors (Lipinski definition) is 4. The quantitative estimate of drug-likeness (QED) is 0.526. The first kappa shape index (κ1) is 24.0. The lowest BCUT2D eigenvalue weighted by Gasteiger charge is -2.15. The lowest BCUT2D eigenvalue weighted by atomic mass is 9.97. The second-order valence-corrected chi connectivity index (χ2v) is 11.1. The fourth-order valence-electron chi connectivity index (χ4n) is 4.87. The molecule has 0 saturated carbocycles. The second kappa shape index (κ2) is 10.8. The van der Waals surface area contributed by atoms with E-state index in [9.17, 15) is 13.2 Å². The van der Waals surface area contributed by atoms with Gasteiger partial charge in [-0.15, -0.1) is 0 Å². The summed E-state index contributed by atoms with van der Waals surface area (Å²) in [5.74, 6) is 0.881. The normalized spacial score (nSPS) is 17.4. The van der Waals surface area contributed by atoms with Crippen molar-refractivity contribution in [1.82, 2.24) is 19.2 Å². The highest BCUT2D eigenvalue weighted by Gasteiger charge is 2.27. The van der Waals surface area contributed by atoms with Gasteiger partial charge in [0.25, 0.3) is 0 Å². The maximum absolute atomic E-state index is 13.0. The number of allylic oxidation sites excluding steroid dienone is 1. The van der Waals surface area contributed by atoms with Crippen molar-refractivity contribution >= 4 is 27.0 Å². The number of hydrogen-bond donors (Lipinski definition) is 1.